The number of benzene rings is 1. The van der Waals surface area contributed by atoms with Crippen LogP contribution < -0.4 is 5.32 Å². The van der Waals surface area contributed by atoms with Crippen molar-refractivity contribution in [1.29, 1.82) is 0 Å². The van der Waals surface area contributed by atoms with Crippen molar-refractivity contribution in [2.75, 3.05) is 6.61 Å². The van der Waals surface area contributed by atoms with Crippen molar-refractivity contribution in [2.24, 2.45) is 0 Å². The maximum atomic E-state index is 11.9. The van der Waals surface area contributed by atoms with Crippen molar-refractivity contribution in [1.82, 2.24) is 15.3 Å². The van der Waals surface area contributed by atoms with Gasteiger partial charge in [0.05, 0.1) is 17.9 Å². The third-order valence-electron chi connectivity index (χ3n) is 3.24. The lowest BCUT2D eigenvalue weighted by atomic mass is 10.2. The maximum absolute atomic E-state index is 11.9. The number of hydrogen-bond donors (Lipinski definition) is 2. The lowest BCUT2D eigenvalue weighted by molar-refractivity contribution is -0.132. The summed E-state index contributed by atoms with van der Waals surface area (Å²) in [5, 5.41) is 2.89. The molecule has 0 radical (unpaired) electrons. The van der Waals surface area contributed by atoms with Crippen LogP contribution in [-0.2, 0) is 9.53 Å². The number of carbonyl (C=O) groups is 1. The maximum Gasteiger partial charge on any atom is 0.249 e. The highest BCUT2D eigenvalue weighted by atomic mass is 16.5. The van der Waals surface area contributed by atoms with Gasteiger partial charge in [-0.05, 0) is 26.3 Å². The van der Waals surface area contributed by atoms with E-state index < -0.39 is 6.10 Å². The van der Waals surface area contributed by atoms with Crippen LogP contribution in [0.3, 0.4) is 0 Å². The van der Waals surface area contributed by atoms with Gasteiger partial charge in [-0.15, -0.1) is 0 Å². The van der Waals surface area contributed by atoms with Crippen LogP contribution in [-0.4, -0.2) is 28.6 Å². The van der Waals surface area contributed by atoms with Crippen LogP contribution in [0, 0.1) is 0 Å². The number of H-pyrrole nitrogens is 1. The molecule has 2 atom stereocenters. The number of aromatic amines is 1. The summed E-state index contributed by atoms with van der Waals surface area (Å²) in [6.45, 7) is 6.01. The molecule has 2 aromatic rings. The van der Waals surface area contributed by atoms with Crippen molar-refractivity contribution in [3.8, 4) is 11.3 Å². The van der Waals surface area contributed by atoms with E-state index in [2.05, 4.69) is 15.3 Å². The Kier molecular flexibility index (Phi) is 5.11. The molecule has 21 heavy (non-hydrogen) atoms. The normalized spacial score (nSPS) is 13.7. The predicted octanol–water partition coefficient (Wildman–Crippen LogP) is 2.68. The largest absolute Gasteiger partial charge is 0.369 e. The van der Waals surface area contributed by atoms with Gasteiger partial charge >= 0.3 is 0 Å². The second-order valence-electron chi connectivity index (χ2n) is 4.88. The third kappa shape index (κ3) is 3.92. The average molecular weight is 287 g/mol. The van der Waals surface area contributed by atoms with Crippen molar-refractivity contribution in [2.45, 2.75) is 32.9 Å². The highest BCUT2D eigenvalue weighted by Gasteiger charge is 2.18. The van der Waals surface area contributed by atoms with Crippen molar-refractivity contribution >= 4 is 5.91 Å². The first-order chi connectivity index (χ1) is 10.1. The molecule has 5 nitrogen and oxygen atoms in total. The Morgan fingerprint density at radius 1 is 1.33 bits per heavy atom. The van der Waals surface area contributed by atoms with E-state index in [4.69, 9.17) is 4.74 Å². The number of ether oxygens (including phenoxy) is 1. The standard InChI is InChI=1S/C16H21N3O2/c1-4-21-12(3)16(20)18-11(2)15-17-10-14(19-15)13-8-6-5-7-9-13/h5-12H,4H2,1-3H3,(H,17,19)(H,18,20)/t11-,12+/m1/s1. The first-order valence-corrected chi connectivity index (χ1v) is 7.14. The molecule has 0 aliphatic heterocycles. The number of nitrogens with one attached hydrogen (secondary N) is 2. The fourth-order valence-electron chi connectivity index (χ4n) is 2.05. The molecule has 2 N–H and O–H groups in total. The number of carbonyl (C=O) groups excluding carboxylic acids is 1. The Morgan fingerprint density at radius 2 is 2.05 bits per heavy atom. The minimum absolute atomic E-state index is 0.137. The molecule has 0 bridgehead atoms. The third-order valence-corrected chi connectivity index (χ3v) is 3.24. The average Bonchev–Trinajstić information content (AvgIpc) is 2.98. The second kappa shape index (κ2) is 7.04. The molecule has 1 aromatic carbocycles. The van der Waals surface area contributed by atoms with Gasteiger partial charge in [0.1, 0.15) is 11.9 Å². The Labute approximate surface area is 124 Å². The topological polar surface area (TPSA) is 67.0 Å². The number of hydrogen-bond acceptors (Lipinski definition) is 3. The van der Waals surface area contributed by atoms with Crippen molar-refractivity contribution < 1.29 is 9.53 Å². The smallest absolute Gasteiger partial charge is 0.249 e. The van der Waals surface area contributed by atoms with Crippen molar-refractivity contribution in [3.05, 3.63) is 42.4 Å². The SMILES string of the molecule is CCO[C@@H](C)C(=O)N[C@H](C)c1ncc(-c2ccccc2)[nH]1. The van der Waals surface area contributed by atoms with E-state index in [1.165, 1.54) is 0 Å². The first-order valence-electron chi connectivity index (χ1n) is 7.14. The summed E-state index contributed by atoms with van der Waals surface area (Å²) >= 11 is 0. The number of nitrogens with zero attached hydrogens (tertiary/aromatic N) is 1. The monoisotopic (exact) mass is 287 g/mol. The van der Waals surface area contributed by atoms with Crippen LogP contribution >= 0.6 is 0 Å². The van der Waals surface area contributed by atoms with Gasteiger partial charge in [0.25, 0.3) is 0 Å². The zero-order chi connectivity index (χ0) is 15.2. The van der Waals surface area contributed by atoms with E-state index in [-0.39, 0.29) is 11.9 Å². The minimum atomic E-state index is -0.457. The van der Waals surface area contributed by atoms with Gasteiger partial charge in [-0.2, -0.15) is 0 Å². The van der Waals surface area contributed by atoms with E-state index in [0.717, 1.165) is 17.1 Å². The molecule has 1 amide bonds. The van der Waals surface area contributed by atoms with E-state index in [1.54, 1.807) is 13.1 Å². The second-order valence-corrected chi connectivity index (χ2v) is 4.88. The molecule has 1 heterocycles. The summed E-state index contributed by atoms with van der Waals surface area (Å²) in [5.74, 6) is 0.591. The molecular formula is C16H21N3O2. The van der Waals surface area contributed by atoms with Crippen LogP contribution in [0.25, 0.3) is 11.3 Å². The highest BCUT2D eigenvalue weighted by molar-refractivity contribution is 5.80. The molecule has 2 rings (SSSR count). The quantitative estimate of drug-likeness (QED) is 0.858. The van der Waals surface area contributed by atoms with Gasteiger partial charge in [-0.25, -0.2) is 4.98 Å². The summed E-state index contributed by atoms with van der Waals surface area (Å²) in [6, 6.07) is 9.75. The van der Waals surface area contributed by atoms with Crippen LogP contribution in [0.5, 0.6) is 0 Å². The van der Waals surface area contributed by atoms with E-state index >= 15 is 0 Å². The fraction of sp³-hybridized carbons (Fsp3) is 0.375. The minimum Gasteiger partial charge on any atom is -0.369 e. The number of amides is 1. The predicted molar refractivity (Wildman–Crippen MR) is 81.7 cm³/mol. The fourth-order valence-corrected chi connectivity index (χ4v) is 2.05. The highest BCUT2D eigenvalue weighted by Crippen LogP contribution is 2.18. The van der Waals surface area contributed by atoms with Gasteiger partial charge in [-0.1, -0.05) is 30.3 Å². The van der Waals surface area contributed by atoms with Crippen LogP contribution in [0.1, 0.15) is 32.6 Å². The van der Waals surface area contributed by atoms with Gasteiger partial charge in [0, 0.05) is 6.61 Å². The van der Waals surface area contributed by atoms with E-state index in [1.807, 2.05) is 44.2 Å². The summed E-state index contributed by atoms with van der Waals surface area (Å²) in [7, 11) is 0. The van der Waals surface area contributed by atoms with Crippen LogP contribution in [0.15, 0.2) is 36.5 Å². The lowest BCUT2D eigenvalue weighted by Gasteiger charge is -2.16. The summed E-state index contributed by atoms with van der Waals surface area (Å²) in [4.78, 5) is 19.5. The van der Waals surface area contributed by atoms with Gasteiger partial charge in [-0.3, -0.25) is 4.79 Å². The van der Waals surface area contributed by atoms with E-state index in [9.17, 15) is 4.79 Å². The molecule has 0 saturated heterocycles. The van der Waals surface area contributed by atoms with Crippen LogP contribution in [0.4, 0.5) is 0 Å². The summed E-state index contributed by atoms with van der Waals surface area (Å²) in [5.41, 5.74) is 2.00. The van der Waals surface area contributed by atoms with Crippen LogP contribution in [0.2, 0.25) is 0 Å². The molecule has 1 aromatic heterocycles. The number of imidazole rings is 1. The Balaban J connectivity index is 2.02. The molecule has 0 spiro atoms. The molecule has 0 aliphatic rings. The summed E-state index contributed by atoms with van der Waals surface area (Å²) in [6.07, 6.45) is 1.32. The molecule has 5 heteroatoms. The van der Waals surface area contributed by atoms with Crippen molar-refractivity contribution in [3.63, 3.8) is 0 Å². The first kappa shape index (κ1) is 15.3. The zero-order valence-electron chi connectivity index (χ0n) is 12.6. The molecular weight excluding hydrogens is 266 g/mol. The number of aromatic nitrogens is 2. The van der Waals surface area contributed by atoms with Gasteiger partial charge < -0.3 is 15.0 Å². The van der Waals surface area contributed by atoms with Gasteiger partial charge in [0.2, 0.25) is 5.91 Å². The molecule has 112 valence electrons. The Bertz CT molecular complexity index is 580. The molecule has 0 unspecified atom stereocenters. The molecule has 0 fully saturated rings. The Hall–Kier alpha value is -2.14. The molecule has 0 saturated carbocycles. The van der Waals surface area contributed by atoms with E-state index in [0.29, 0.717) is 6.61 Å². The summed E-state index contributed by atoms with van der Waals surface area (Å²) < 4.78 is 5.27. The molecule has 0 aliphatic carbocycles. The van der Waals surface area contributed by atoms with Gasteiger partial charge in [0.15, 0.2) is 0 Å². The lowest BCUT2D eigenvalue weighted by Crippen LogP contribution is -2.36. The number of rotatable bonds is 6. The Morgan fingerprint density at radius 3 is 2.71 bits per heavy atom. The zero-order valence-corrected chi connectivity index (χ0v) is 12.6.